The standard InChI is InChI=1S/C15H20N2O/c1-8-5-9(2)15-13(6-8)12(10(3)17-15)7-14(16)11(4)18/h5-6,14,17H,7,16H2,1-4H3. The van der Waals surface area contributed by atoms with Crippen LogP contribution < -0.4 is 5.73 Å². The normalized spacial score (nSPS) is 12.9. The molecule has 0 radical (unpaired) electrons. The van der Waals surface area contributed by atoms with Gasteiger partial charge in [0.25, 0.3) is 0 Å². The maximum Gasteiger partial charge on any atom is 0.146 e. The predicted molar refractivity (Wildman–Crippen MR) is 74.9 cm³/mol. The molecule has 0 saturated heterocycles. The maximum absolute atomic E-state index is 11.3. The number of Topliss-reactive ketones (excluding diaryl/α,β-unsaturated/α-hetero) is 1. The van der Waals surface area contributed by atoms with Crippen LogP contribution in [0.2, 0.25) is 0 Å². The number of fused-ring (bicyclic) bond motifs is 1. The van der Waals surface area contributed by atoms with E-state index in [4.69, 9.17) is 5.73 Å². The number of hydrogen-bond acceptors (Lipinski definition) is 2. The average molecular weight is 244 g/mol. The highest BCUT2D eigenvalue weighted by Gasteiger charge is 2.16. The first-order chi connectivity index (χ1) is 8.40. The quantitative estimate of drug-likeness (QED) is 0.871. The number of rotatable bonds is 3. The molecule has 0 fully saturated rings. The molecule has 0 aliphatic carbocycles. The van der Waals surface area contributed by atoms with Crippen LogP contribution in [0.5, 0.6) is 0 Å². The Labute approximate surface area is 107 Å². The summed E-state index contributed by atoms with van der Waals surface area (Å²) in [6, 6.07) is 3.91. The molecule has 2 rings (SSSR count). The Hall–Kier alpha value is -1.61. The Kier molecular flexibility index (Phi) is 3.26. The summed E-state index contributed by atoms with van der Waals surface area (Å²) in [4.78, 5) is 14.7. The summed E-state index contributed by atoms with van der Waals surface area (Å²) in [5.41, 5.74) is 11.8. The van der Waals surface area contributed by atoms with Gasteiger partial charge in [-0.1, -0.05) is 11.6 Å². The summed E-state index contributed by atoms with van der Waals surface area (Å²) in [5, 5.41) is 1.20. The molecule has 0 aliphatic rings. The first-order valence-corrected chi connectivity index (χ1v) is 6.24. The van der Waals surface area contributed by atoms with Crippen molar-refractivity contribution in [2.45, 2.75) is 40.2 Å². The molecule has 0 amide bonds. The molecule has 1 unspecified atom stereocenters. The van der Waals surface area contributed by atoms with Gasteiger partial charge in [-0.05, 0) is 51.3 Å². The Morgan fingerprint density at radius 2 is 2.00 bits per heavy atom. The van der Waals surface area contributed by atoms with Gasteiger partial charge in [0.2, 0.25) is 0 Å². The summed E-state index contributed by atoms with van der Waals surface area (Å²) in [6.45, 7) is 7.77. The smallest absolute Gasteiger partial charge is 0.146 e. The molecular weight excluding hydrogens is 224 g/mol. The van der Waals surface area contributed by atoms with Crippen LogP contribution in [0.15, 0.2) is 12.1 Å². The zero-order valence-electron chi connectivity index (χ0n) is 11.4. The van der Waals surface area contributed by atoms with E-state index >= 15 is 0 Å². The first-order valence-electron chi connectivity index (χ1n) is 6.24. The van der Waals surface area contributed by atoms with E-state index in [9.17, 15) is 4.79 Å². The van der Waals surface area contributed by atoms with Crippen molar-refractivity contribution in [3.05, 3.63) is 34.5 Å². The van der Waals surface area contributed by atoms with Gasteiger partial charge in [-0.2, -0.15) is 0 Å². The van der Waals surface area contributed by atoms with Crippen molar-refractivity contribution in [3.63, 3.8) is 0 Å². The number of carbonyl (C=O) groups is 1. The van der Waals surface area contributed by atoms with Crippen LogP contribution in [-0.4, -0.2) is 16.8 Å². The Morgan fingerprint density at radius 1 is 1.33 bits per heavy atom. The third kappa shape index (κ3) is 2.18. The molecule has 0 spiro atoms. The molecule has 2 aromatic rings. The lowest BCUT2D eigenvalue weighted by molar-refractivity contribution is -0.118. The molecular formula is C15H20N2O. The minimum atomic E-state index is -0.413. The summed E-state index contributed by atoms with van der Waals surface area (Å²) >= 11 is 0. The molecule has 0 saturated carbocycles. The molecule has 3 N–H and O–H groups in total. The second-order valence-electron chi connectivity index (χ2n) is 5.15. The van der Waals surface area contributed by atoms with Crippen molar-refractivity contribution in [3.8, 4) is 0 Å². The summed E-state index contributed by atoms with van der Waals surface area (Å²) in [5.74, 6) is 0.0353. The number of nitrogens with one attached hydrogen (secondary N) is 1. The minimum absolute atomic E-state index is 0.0353. The van der Waals surface area contributed by atoms with Crippen LogP contribution in [0.25, 0.3) is 10.9 Å². The fourth-order valence-electron chi connectivity index (χ4n) is 2.46. The number of carbonyl (C=O) groups excluding carboxylic acids is 1. The lowest BCUT2D eigenvalue weighted by atomic mass is 9.99. The third-order valence-electron chi connectivity index (χ3n) is 3.52. The molecule has 3 heteroatoms. The molecule has 3 nitrogen and oxygen atoms in total. The number of aromatic nitrogens is 1. The highest BCUT2D eigenvalue weighted by atomic mass is 16.1. The van der Waals surface area contributed by atoms with Crippen LogP contribution >= 0.6 is 0 Å². The first kappa shape index (κ1) is 12.8. The van der Waals surface area contributed by atoms with Gasteiger partial charge >= 0.3 is 0 Å². The van der Waals surface area contributed by atoms with Gasteiger partial charge in [0.15, 0.2) is 0 Å². The van der Waals surface area contributed by atoms with Gasteiger partial charge in [0.05, 0.1) is 6.04 Å². The summed E-state index contributed by atoms with van der Waals surface area (Å²) < 4.78 is 0. The van der Waals surface area contributed by atoms with E-state index in [1.807, 2.05) is 6.92 Å². The van der Waals surface area contributed by atoms with Gasteiger partial charge in [0, 0.05) is 16.6 Å². The molecule has 1 aromatic carbocycles. The van der Waals surface area contributed by atoms with E-state index in [0.29, 0.717) is 6.42 Å². The van der Waals surface area contributed by atoms with Gasteiger partial charge in [-0.25, -0.2) is 0 Å². The second kappa shape index (κ2) is 4.58. The number of nitrogens with two attached hydrogens (primary N) is 1. The Morgan fingerprint density at radius 3 is 2.61 bits per heavy atom. The lowest BCUT2D eigenvalue weighted by Gasteiger charge is -2.08. The molecule has 1 aromatic heterocycles. The highest BCUT2D eigenvalue weighted by molar-refractivity contribution is 5.89. The third-order valence-corrected chi connectivity index (χ3v) is 3.52. The highest BCUT2D eigenvalue weighted by Crippen LogP contribution is 2.27. The van der Waals surface area contributed by atoms with Gasteiger partial charge in [0.1, 0.15) is 5.78 Å². The van der Waals surface area contributed by atoms with E-state index in [2.05, 4.69) is 31.0 Å². The van der Waals surface area contributed by atoms with Crippen LogP contribution in [0, 0.1) is 20.8 Å². The number of aromatic amines is 1. The average Bonchev–Trinajstić information content (AvgIpc) is 2.57. The van der Waals surface area contributed by atoms with Crippen LogP contribution in [0.1, 0.15) is 29.3 Å². The monoisotopic (exact) mass is 244 g/mol. The van der Waals surface area contributed by atoms with Gasteiger partial charge in [-0.3, -0.25) is 4.79 Å². The second-order valence-corrected chi connectivity index (χ2v) is 5.15. The van der Waals surface area contributed by atoms with E-state index in [-0.39, 0.29) is 5.78 Å². The zero-order valence-corrected chi connectivity index (χ0v) is 11.4. The van der Waals surface area contributed by atoms with E-state index in [0.717, 1.165) is 11.2 Å². The fraction of sp³-hybridized carbons (Fsp3) is 0.400. The van der Waals surface area contributed by atoms with Crippen molar-refractivity contribution in [2.75, 3.05) is 0 Å². The van der Waals surface area contributed by atoms with Crippen molar-refractivity contribution in [2.24, 2.45) is 5.73 Å². The molecule has 1 atom stereocenters. The Balaban J connectivity index is 2.56. The maximum atomic E-state index is 11.3. The van der Waals surface area contributed by atoms with Crippen molar-refractivity contribution < 1.29 is 4.79 Å². The number of hydrogen-bond donors (Lipinski definition) is 2. The number of aryl methyl sites for hydroxylation is 3. The van der Waals surface area contributed by atoms with E-state index in [1.54, 1.807) is 6.92 Å². The van der Waals surface area contributed by atoms with E-state index in [1.165, 1.54) is 22.1 Å². The van der Waals surface area contributed by atoms with E-state index < -0.39 is 6.04 Å². The van der Waals surface area contributed by atoms with Crippen LogP contribution in [0.4, 0.5) is 0 Å². The van der Waals surface area contributed by atoms with Crippen molar-refractivity contribution in [1.82, 2.24) is 4.98 Å². The number of H-pyrrole nitrogens is 1. The zero-order chi connectivity index (χ0) is 13.4. The topological polar surface area (TPSA) is 58.9 Å². The molecule has 96 valence electrons. The molecule has 1 heterocycles. The van der Waals surface area contributed by atoms with Crippen molar-refractivity contribution >= 4 is 16.7 Å². The van der Waals surface area contributed by atoms with Crippen LogP contribution in [0.3, 0.4) is 0 Å². The number of benzene rings is 1. The molecule has 18 heavy (non-hydrogen) atoms. The summed E-state index contributed by atoms with van der Waals surface area (Å²) in [6.07, 6.45) is 0.601. The van der Waals surface area contributed by atoms with Gasteiger partial charge < -0.3 is 10.7 Å². The molecule has 0 aliphatic heterocycles. The SMILES string of the molecule is CC(=O)C(N)Cc1c(C)[nH]c2c(C)cc(C)cc12. The predicted octanol–water partition coefficient (Wildman–Crippen LogP) is 2.55. The lowest BCUT2D eigenvalue weighted by Crippen LogP contribution is -2.30. The minimum Gasteiger partial charge on any atom is -0.358 e. The van der Waals surface area contributed by atoms with Crippen molar-refractivity contribution in [1.29, 1.82) is 0 Å². The fourth-order valence-corrected chi connectivity index (χ4v) is 2.46. The van der Waals surface area contributed by atoms with Gasteiger partial charge in [-0.15, -0.1) is 0 Å². The Bertz CT molecular complexity index is 610. The molecule has 0 bridgehead atoms. The summed E-state index contributed by atoms with van der Waals surface area (Å²) in [7, 11) is 0. The number of ketones is 1. The largest absolute Gasteiger partial charge is 0.358 e. The van der Waals surface area contributed by atoms with Crippen LogP contribution in [-0.2, 0) is 11.2 Å².